The number of ether oxygens (including phenoxy) is 1. The van der Waals surface area contributed by atoms with Crippen molar-refractivity contribution in [1.29, 1.82) is 5.26 Å². The topological polar surface area (TPSA) is 92.8 Å². The third-order valence-corrected chi connectivity index (χ3v) is 5.60. The summed E-state index contributed by atoms with van der Waals surface area (Å²) in [6.45, 7) is 1.66. The van der Waals surface area contributed by atoms with Crippen LogP contribution in [0.3, 0.4) is 0 Å². The third-order valence-electron chi connectivity index (χ3n) is 5.60. The van der Waals surface area contributed by atoms with E-state index >= 15 is 0 Å². The first-order valence-electron chi connectivity index (χ1n) is 9.80. The Kier molecular flexibility index (Phi) is 4.52. The summed E-state index contributed by atoms with van der Waals surface area (Å²) < 4.78 is 21.7. The van der Waals surface area contributed by atoms with Crippen LogP contribution < -0.4 is 5.32 Å². The number of nitrogens with one attached hydrogen (secondary N) is 1. The van der Waals surface area contributed by atoms with Gasteiger partial charge in [-0.05, 0) is 37.1 Å². The van der Waals surface area contributed by atoms with Crippen LogP contribution in [0.15, 0.2) is 36.5 Å². The number of carbonyl (C=O) groups excluding carboxylic acids is 1. The van der Waals surface area contributed by atoms with Crippen LogP contribution in [0.5, 0.6) is 0 Å². The maximum Gasteiger partial charge on any atom is 0.255 e. The predicted molar refractivity (Wildman–Crippen MR) is 105 cm³/mol. The molecule has 1 saturated heterocycles. The van der Waals surface area contributed by atoms with Gasteiger partial charge >= 0.3 is 0 Å². The van der Waals surface area contributed by atoms with Crippen molar-refractivity contribution in [2.45, 2.75) is 25.3 Å². The van der Waals surface area contributed by atoms with Crippen LogP contribution in [0.2, 0.25) is 0 Å². The molecule has 30 heavy (non-hydrogen) atoms. The average molecular weight is 403 g/mol. The van der Waals surface area contributed by atoms with Gasteiger partial charge in [-0.25, -0.2) is 14.1 Å². The van der Waals surface area contributed by atoms with Crippen molar-refractivity contribution in [1.82, 2.24) is 20.1 Å². The molecule has 0 spiro atoms. The summed E-state index contributed by atoms with van der Waals surface area (Å²) in [5.41, 5.74) is 3.02. The lowest BCUT2D eigenvalue weighted by Crippen LogP contribution is -2.16. The number of aromatic nitrogens is 3. The maximum atomic E-state index is 14.6. The highest BCUT2D eigenvalue weighted by molar-refractivity contribution is 6.01. The Morgan fingerprint density at radius 1 is 1.23 bits per heavy atom. The lowest BCUT2D eigenvalue weighted by atomic mass is 9.97. The number of nitrogens with zero attached hydrogens (tertiary/aromatic N) is 4. The zero-order valence-electron chi connectivity index (χ0n) is 16.1. The minimum absolute atomic E-state index is 0.125. The van der Waals surface area contributed by atoms with E-state index in [9.17, 15) is 14.4 Å². The molecule has 1 N–H and O–H groups in total. The Hall–Kier alpha value is -3.57. The first-order valence-corrected chi connectivity index (χ1v) is 9.80. The number of rotatable bonds is 3. The van der Waals surface area contributed by atoms with Gasteiger partial charge in [0.15, 0.2) is 0 Å². The van der Waals surface area contributed by atoms with Crippen molar-refractivity contribution in [3.63, 3.8) is 0 Å². The smallest absolute Gasteiger partial charge is 0.255 e. The molecule has 2 aliphatic heterocycles. The van der Waals surface area contributed by atoms with E-state index in [-0.39, 0.29) is 23.6 Å². The molecule has 0 radical (unpaired) electrons. The minimum atomic E-state index is -0.534. The molecule has 2 aliphatic rings. The number of pyridine rings is 1. The van der Waals surface area contributed by atoms with Crippen molar-refractivity contribution >= 4 is 5.91 Å². The molecule has 0 atom stereocenters. The molecule has 8 heteroatoms. The van der Waals surface area contributed by atoms with Crippen molar-refractivity contribution in [3.8, 4) is 23.0 Å². The molecule has 7 nitrogen and oxygen atoms in total. The number of hydrogen-bond acceptors (Lipinski definition) is 5. The molecule has 150 valence electrons. The van der Waals surface area contributed by atoms with Crippen LogP contribution in [0.25, 0.3) is 16.9 Å². The highest BCUT2D eigenvalue weighted by Gasteiger charge is 2.28. The van der Waals surface area contributed by atoms with Gasteiger partial charge in [-0.1, -0.05) is 6.07 Å². The summed E-state index contributed by atoms with van der Waals surface area (Å²) in [6, 6.07) is 9.93. The number of benzene rings is 1. The van der Waals surface area contributed by atoms with E-state index in [1.54, 1.807) is 16.8 Å². The van der Waals surface area contributed by atoms with E-state index in [2.05, 4.69) is 10.3 Å². The van der Waals surface area contributed by atoms with Crippen molar-refractivity contribution < 1.29 is 13.9 Å². The second-order valence-electron chi connectivity index (χ2n) is 7.38. The first-order chi connectivity index (χ1) is 14.7. The van der Waals surface area contributed by atoms with Gasteiger partial charge in [-0.3, -0.25) is 4.79 Å². The molecular weight excluding hydrogens is 385 g/mol. The standard InChI is InChI=1S/C22H18FN5O2/c23-15-3-1-2-14(11-24)20(15)17-10-19(21-18(26-17)12-25-22(21)29)28-7-4-16(27-28)13-5-8-30-9-6-13/h1-4,7,10,13H,5-6,8-9,12H2,(H,25,29). The molecule has 1 amide bonds. The fourth-order valence-corrected chi connectivity index (χ4v) is 4.08. The Bertz CT molecular complexity index is 1190. The quantitative estimate of drug-likeness (QED) is 0.726. The average Bonchev–Trinajstić information content (AvgIpc) is 3.41. The van der Waals surface area contributed by atoms with Crippen molar-refractivity contribution in [3.05, 3.63) is 64.9 Å². The zero-order valence-corrected chi connectivity index (χ0v) is 16.1. The first kappa shape index (κ1) is 18.5. The van der Waals surface area contributed by atoms with Crippen LogP contribution in [0.4, 0.5) is 4.39 Å². The maximum absolute atomic E-state index is 14.6. The summed E-state index contributed by atoms with van der Waals surface area (Å²) >= 11 is 0. The molecular formula is C22H18FN5O2. The Labute approximate surface area is 172 Å². The van der Waals surface area contributed by atoms with Crippen LogP contribution in [-0.2, 0) is 11.3 Å². The monoisotopic (exact) mass is 403 g/mol. The molecule has 0 saturated carbocycles. The summed E-state index contributed by atoms with van der Waals surface area (Å²) in [5.74, 6) is -0.468. The van der Waals surface area contributed by atoms with Gasteiger partial charge in [0.05, 0.1) is 52.1 Å². The molecule has 3 aromatic rings. The van der Waals surface area contributed by atoms with Gasteiger partial charge in [-0.2, -0.15) is 10.4 Å². The molecule has 1 aromatic carbocycles. The number of nitriles is 1. The van der Waals surface area contributed by atoms with Gasteiger partial charge in [0.1, 0.15) is 5.82 Å². The number of halogens is 1. The van der Waals surface area contributed by atoms with E-state index in [1.165, 1.54) is 12.1 Å². The zero-order chi connectivity index (χ0) is 20.7. The fraction of sp³-hybridized carbons (Fsp3) is 0.273. The van der Waals surface area contributed by atoms with Crippen LogP contribution >= 0.6 is 0 Å². The van der Waals surface area contributed by atoms with Crippen LogP contribution in [0, 0.1) is 17.1 Å². The van der Waals surface area contributed by atoms with Crippen molar-refractivity contribution in [2.75, 3.05) is 13.2 Å². The Morgan fingerprint density at radius 3 is 2.87 bits per heavy atom. The minimum Gasteiger partial charge on any atom is -0.381 e. The van der Waals surface area contributed by atoms with E-state index < -0.39 is 5.82 Å². The molecule has 0 bridgehead atoms. The molecule has 2 aromatic heterocycles. The summed E-state index contributed by atoms with van der Waals surface area (Å²) in [6.07, 6.45) is 3.61. The second kappa shape index (κ2) is 7.35. The highest BCUT2D eigenvalue weighted by atomic mass is 19.1. The van der Waals surface area contributed by atoms with Gasteiger partial charge in [0.25, 0.3) is 5.91 Å². The third kappa shape index (κ3) is 3.04. The van der Waals surface area contributed by atoms with Crippen LogP contribution in [-0.4, -0.2) is 33.9 Å². The molecule has 5 rings (SSSR count). The summed E-state index contributed by atoms with van der Waals surface area (Å²) in [4.78, 5) is 17.0. The lowest BCUT2D eigenvalue weighted by Gasteiger charge is -2.20. The second-order valence-corrected chi connectivity index (χ2v) is 7.38. The molecule has 4 heterocycles. The van der Waals surface area contributed by atoms with Crippen molar-refractivity contribution in [2.24, 2.45) is 0 Å². The molecule has 0 aliphatic carbocycles. The SMILES string of the molecule is N#Cc1cccc(F)c1-c1cc(-n2ccc(C3CCOCC3)n2)c2c(n1)CNC2=O. The number of carbonyl (C=O) groups is 1. The van der Waals surface area contributed by atoms with Crippen LogP contribution in [0.1, 0.15) is 46.1 Å². The van der Waals surface area contributed by atoms with E-state index in [0.29, 0.717) is 41.8 Å². The number of amides is 1. The fourth-order valence-electron chi connectivity index (χ4n) is 4.08. The normalized spacial score (nSPS) is 16.2. The van der Waals surface area contributed by atoms with E-state index in [1.807, 2.05) is 18.3 Å². The molecule has 1 fully saturated rings. The van der Waals surface area contributed by atoms with Gasteiger partial charge in [0.2, 0.25) is 0 Å². The summed E-state index contributed by atoms with van der Waals surface area (Å²) in [5, 5.41) is 16.9. The molecule has 0 unspecified atom stereocenters. The van der Waals surface area contributed by atoms with Gasteiger partial charge < -0.3 is 10.1 Å². The highest BCUT2D eigenvalue weighted by Crippen LogP contribution is 2.32. The van der Waals surface area contributed by atoms with Gasteiger partial charge in [0, 0.05) is 25.3 Å². The number of fused-ring (bicyclic) bond motifs is 1. The van der Waals surface area contributed by atoms with Gasteiger partial charge in [-0.15, -0.1) is 0 Å². The largest absolute Gasteiger partial charge is 0.381 e. The number of hydrogen-bond donors (Lipinski definition) is 1. The summed E-state index contributed by atoms with van der Waals surface area (Å²) in [7, 11) is 0. The van der Waals surface area contributed by atoms with E-state index in [0.717, 1.165) is 18.5 Å². The Balaban J connectivity index is 1.65. The Morgan fingerprint density at radius 2 is 2.07 bits per heavy atom. The van der Waals surface area contributed by atoms with E-state index in [4.69, 9.17) is 9.84 Å². The lowest BCUT2D eigenvalue weighted by molar-refractivity contribution is 0.0844. The predicted octanol–water partition coefficient (Wildman–Crippen LogP) is 3.08.